The van der Waals surface area contributed by atoms with Crippen LogP contribution >= 0.6 is 0 Å². The molecule has 0 aliphatic heterocycles. The predicted octanol–water partition coefficient (Wildman–Crippen LogP) is 4.03. The molecule has 0 heterocycles. The molecule has 1 aromatic carbocycles. The molecule has 2 unspecified atom stereocenters. The summed E-state index contributed by atoms with van der Waals surface area (Å²) in [5.74, 6) is 3.00. The second-order valence-electron chi connectivity index (χ2n) is 10.8. The maximum Gasteiger partial charge on any atom is 0.226 e. The highest BCUT2D eigenvalue weighted by Gasteiger charge is 2.54. The normalized spacial score (nSPS) is 35.3. The third-order valence-corrected chi connectivity index (χ3v) is 8.25. The third kappa shape index (κ3) is 4.66. The summed E-state index contributed by atoms with van der Waals surface area (Å²) >= 11 is 0. The maximum atomic E-state index is 13.0. The van der Waals surface area contributed by atoms with Gasteiger partial charge in [0.15, 0.2) is 0 Å². The van der Waals surface area contributed by atoms with Gasteiger partial charge in [-0.3, -0.25) is 9.59 Å². The van der Waals surface area contributed by atoms with Crippen LogP contribution in [0.15, 0.2) is 24.3 Å². The van der Waals surface area contributed by atoms with Gasteiger partial charge in [-0.15, -0.1) is 0 Å². The quantitative estimate of drug-likeness (QED) is 0.597. The van der Waals surface area contributed by atoms with E-state index in [0.29, 0.717) is 18.0 Å². The van der Waals surface area contributed by atoms with Crippen LogP contribution in [0.1, 0.15) is 70.6 Å². The number of benzene rings is 1. The van der Waals surface area contributed by atoms with Crippen LogP contribution < -0.4 is 15.4 Å². The molecule has 6 heteroatoms. The van der Waals surface area contributed by atoms with Crippen molar-refractivity contribution in [2.45, 2.75) is 82.8 Å². The molecule has 2 amide bonds. The average molecular weight is 441 g/mol. The second kappa shape index (κ2) is 9.05. The highest BCUT2D eigenvalue weighted by molar-refractivity contribution is 5.91. The van der Waals surface area contributed by atoms with Gasteiger partial charge >= 0.3 is 0 Å². The van der Waals surface area contributed by atoms with E-state index in [1.54, 1.807) is 0 Å². The van der Waals surface area contributed by atoms with Crippen LogP contribution in [-0.4, -0.2) is 35.7 Å². The van der Waals surface area contributed by atoms with Crippen molar-refractivity contribution in [1.82, 2.24) is 5.32 Å². The molecule has 2 atom stereocenters. The van der Waals surface area contributed by atoms with Gasteiger partial charge in [0.2, 0.25) is 11.8 Å². The number of hydrogen-bond donors (Lipinski definition) is 3. The van der Waals surface area contributed by atoms with Crippen molar-refractivity contribution in [3.8, 4) is 5.75 Å². The minimum atomic E-state index is -0.406. The maximum absolute atomic E-state index is 13.0. The zero-order valence-corrected chi connectivity index (χ0v) is 18.9. The van der Waals surface area contributed by atoms with Gasteiger partial charge in [0.05, 0.1) is 6.10 Å². The van der Waals surface area contributed by atoms with Crippen molar-refractivity contribution in [2.75, 3.05) is 11.9 Å². The van der Waals surface area contributed by atoms with Crippen molar-refractivity contribution in [3.63, 3.8) is 0 Å². The lowest BCUT2D eigenvalue weighted by atomic mass is 9.49. The standard InChI is InChI=1S/C26H36N2O4/c29-22-3-1-2-4-23(22)32-21-7-5-20(6-8-21)28-24(30)9-10-27-25(31)26-14-17-11-18(15-26)13-19(12-17)16-26/h5-8,17-19,22-23,29H,1-4,9-16H2,(H,27,31)(H,28,30). The lowest BCUT2D eigenvalue weighted by Gasteiger charge is -2.55. The SMILES string of the molecule is O=C(CCNC(=O)C12CC3CC(CC(C3)C1)C2)Nc1ccc(OC2CCCCC2O)cc1. The Morgan fingerprint density at radius 2 is 1.59 bits per heavy atom. The van der Waals surface area contributed by atoms with Crippen molar-refractivity contribution in [3.05, 3.63) is 24.3 Å². The van der Waals surface area contributed by atoms with Crippen LogP contribution in [0.3, 0.4) is 0 Å². The third-order valence-electron chi connectivity index (χ3n) is 8.25. The van der Waals surface area contributed by atoms with Gasteiger partial charge in [0.1, 0.15) is 11.9 Å². The number of rotatable bonds is 7. The average Bonchev–Trinajstić information content (AvgIpc) is 2.76. The topological polar surface area (TPSA) is 87.7 Å². The first-order valence-corrected chi connectivity index (χ1v) is 12.5. The Morgan fingerprint density at radius 3 is 2.22 bits per heavy atom. The van der Waals surface area contributed by atoms with Crippen molar-refractivity contribution in [2.24, 2.45) is 23.2 Å². The van der Waals surface area contributed by atoms with Crippen LogP contribution in [-0.2, 0) is 9.59 Å². The van der Waals surface area contributed by atoms with E-state index in [1.807, 2.05) is 24.3 Å². The van der Waals surface area contributed by atoms with Crippen LogP contribution in [0.2, 0.25) is 0 Å². The Balaban J connectivity index is 1.06. The fraction of sp³-hybridized carbons (Fsp3) is 0.692. The van der Waals surface area contributed by atoms with E-state index in [9.17, 15) is 14.7 Å². The molecule has 6 nitrogen and oxygen atoms in total. The Kier molecular flexibility index (Phi) is 6.15. The molecule has 0 aromatic heterocycles. The van der Waals surface area contributed by atoms with Crippen molar-refractivity contribution >= 4 is 17.5 Å². The monoisotopic (exact) mass is 440 g/mol. The first-order valence-electron chi connectivity index (χ1n) is 12.5. The summed E-state index contributed by atoms with van der Waals surface area (Å²) in [6.07, 6.45) is 10.6. The molecule has 5 aliphatic rings. The smallest absolute Gasteiger partial charge is 0.226 e. The van der Waals surface area contributed by atoms with Crippen molar-refractivity contribution < 1.29 is 19.4 Å². The molecule has 1 aromatic rings. The van der Waals surface area contributed by atoms with Crippen LogP contribution in [0, 0.1) is 23.2 Å². The van der Waals surface area contributed by atoms with Gasteiger partial charge in [0, 0.05) is 24.1 Å². The number of hydrogen-bond acceptors (Lipinski definition) is 4. The molecular weight excluding hydrogens is 404 g/mol. The summed E-state index contributed by atoms with van der Waals surface area (Å²) in [6.45, 7) is 0.382. The van der Waals surface area contributed by atoms with Gasteiger partial charge in [0.25, 0.3) is 0 Å². The van der Waals surface area contributed by atoms with Crippen LogP contribution in [0.4, 0.5) is 5.69 Å². The predicted molar refractivity (Wildman–Crippen MR) is 122 cm³/mol. The number of carbonyl (C=O) groups excluding carboxylic acids is 2. The summed E-state index contributed by atoms with van der Waals surface area (Å²) in [5.41, 5.74) is 0.548. The molecule has 6 rings (SSSR count). The minimum Gasteiger partial charge on any atom is -0.488 e. The summed E-state index contributed by atoms with van der Waals surface area (Å²) in [4.78, 5) is 25.3. The van der Waals surface area contributed by atoms with E-state index in [4.69, 9.17) is 4.74 Å². The van der Waals surface area contributed by atoms with Crippen LogP contribution in [0.25, 0.3) is 0 Å². The molecule has 5 aliphatic carbocycles. The largest absolute Gasteiger partial charge is 0.488 e. The number of aliphatic hydroxyl groups excluding tert-OH is 1. The fourth-order valence-corrected chi connectivity index (χ4v) is 7.10. The number of anilines is 1. The van der Waals surface area contributed by atoms with E-state index in [1.165, 1.54) is 19.3 Å². The molecule has 0 spiro atoms. The summed E-state index contributed by atoms with van der Waals surface area (Å²) in [6, 6.07) is 7.28. The minimum absolute atomic E-state index is 0.104. The molecule has 174 valence electrons. The molecule has 3 N–H and O–H groups in total. The highest BCUT2D eigenvalue weighted by Crippen LogP contribution is 2.60. The van der Waals surface area contributed by atoms with E-state index < -0.39 is 6.10 Å². The Bertz CT molecular complexity index is 801. The van der Waals surface area contributed by atoms with Gasteiger partial charge in [-0.25, -0.2) is 0 Å². The lowest BCUT2D eigenvalue weighted by molar-refractivity contribution is -0.146. The fourth-order valence-electron chi connectivity index (χ4n) is 7.10. The Hall–Kier alpha value is -2.08. The molecule has 5 saturated carbocycles. The second-order valence-corrected chi connectivity index (χ2v) is 10.8. The summed E-state index contributed by atoms with van der Waals surface area (Å²) in [5, 5.41) is 16.0. The summed E-state index contributed by atoms with van der Waals surface area (Å²) in [7, 11) is 0. The Morgan fingerprint density at radius 1 is 0.969 bits per heavy atom. The zero-order chi connectivity index (χ0) is 22.1. The van der Waals surface area contributed by atoms with Crippen LogP contribution in [0.5, 0.6) is 5.75 Å². The molecule has 0 saturated heterocycles. The molecule has 5 fully saturated rings. The van der Waals surface area contributed by atoms with Gasteiger partial charge < -0.3 is 20.5 Å². The number of carbonyl (C=O) groups is 2. The number of amides is 2. The van der Waals surface area contributed by atoms with Gasteiger partial charge in [-0.1, -0.05) is 6.42 Å². The summed E-state index contributed by atoms with van der Waals surface area (Å²) < 4.78 is 5.91. The first kappa shape index (κ1) is 21.7. The van der Waals surface area contributed by atoms with E-state index in [0.717, 1.165) is 62.7 Å². The van der Waals surface area contributed by atoms with Crippen molar-refractivity contribution in [1.29, 1.82) is 0 Å². The van der Waals surface area contributed by atoms with E-state index >= 15 is 0 Å². The van der Waals surface area contributed by atoms with E-state index in [2.05, 4.69) is 10.6 Å². The molecule has 0 radical (unpaired) electrons. The molecule has 32 heavy (non-hydrogen) atoms. The zero-order valence-electron chi connectivity index (χ0n) is 18.9. The molecular formula is C26H36N2O4. The Labute approximate surface area is 190 Å². The van der Waals surface area contributed by atoms with E-state index in [-0.39, 0.29) is 29.8 Å². The number of nitrogens with one attached hydrogen (secondary N) is 2. The lowest BCUT2D eigenvalue weighted by Crippen LogP contribution is -2.53. The highest BCUT2D eigenvalue weighted by atomic mass is 16.5. The number of aliphatic hydroxyl groups is 1. The number of ether oxygens (including phenoxy) is 1. The van der Waals surface area contributed by atoms with Gasteiger partial charge in [-0.2, -0.15) is 0 Å². The molecule has 4 bridgehead atoms. The first-order chi connectivity index (χ1) is 15.5. The van der Waals surface area contributed by atoms with Gasteiger partial charge in [-0.05, 0) is 99.8 Å².